The topological polar surface area (TPSA) is 40.9 Å². The summed E-state index contributed by atoms with van der Waals surface area (Å²) >= 11 is 0. The molecule has 2 rings (SSSR count). The summed E-state index contributed by atoms with van der Waals surface area (Å²) < 4.78 is 13.1. The third kappa shape index (κ3) is 3.14. The fraction of sp³-hybridized carbons (Fsp3) is 0. The first-order valence-electron chi connectivity index (χ1n) is 5.68. The van der Waals surface area contributed by atoms with Crippen molar-refractivity contribution in [3.8, 4) is 6.07 Å². The summed E-state index contributed by atoms with van der Waals surface area (Å²) in [6.07, 6.45) is 3.08. The number of halogens is 1. The van der Waals surface area contributed by atoms with Crippen molar-refractivity contribution in [3.05, 3.63) is 77.1 Å². The SMILES string of the molecule is N#Cc1cc(C(=O)C=Cc2ccccc2)ccc1F. The monoisotopic (exact) mass is 251 g/mol. The van der Waals surface area contributed by atoms with Crippen LogP contribution in [0.5, 0.6) is 0 Å². The van der Waals surface area contributed by atoms with E-state index in [1.807, 2.05) is 30.3 Å². The van der Waals surface area contributed by atoms with Crippen LogP contribution in [-0.2, 0) is 0 Å². The maximum atomic E-state index is 13.1. The minimum absolute atomic E-state index is 0.126. The normalized spacial score (nSPS) is 10.3. The van der Waals surface area contributed by atoms with Crippen LogP contribution in [-0.4, -0.2) is 5.78 Å². The molecule has 0 saturated carbocycles. The van der Waals surface area contributed by atoms with Gasteiger partial charge in [0.15, 0.2) is 5.78 Å². The minimum atomic E-state index is -0.619. The molecule has 19 heavy (non-hydrogen) atoms. The number of allylic oxidation sites excluding steroid dienone is 1. The predicted octanol–water partition coefficient (Wildman–Crippen LogP) is 3.59. The van der Waals surface area contributed by atoms with Gasteiger partial charge >= 0.3 is 0 Å². The molecule has 3 heteroatoms. The van der Waals surface area contributed by atoms with E-state index >= 15 is 0 Å². The fourth-order valence-corrected chi connectivity index (χ4v) is 1.60. The molecule has 0 amide bonds. The summed E-state index contributed by atoms with van der Waals surface area (Å²) in [6.45, 7) is 0. The number of nitriles is 1. The van der Waals surface area contributed by atoms with Gasteiger partial charge in [0.25, 0.3) is 0 Å². The molecule has 0 heterocycles. The van der Waals surface area contributed by atoms with Crippen molar-refractivity contribution in [2.45, 2.75) is 0 Å². The summed E-state index contributed by atoms with van der Waals surface area (Å²) in [5.41, 5.74) is 1.07. The second-order valence-corrected chi connectivity index (χ2v) is 3.91. The molecule has 0 aromatic heterocycles. The Labute approximate surface area is 110 Å². The molecular weight excluding hydrogens is 241 g/mol. The van der Waals surface area contributed by atoms with Gasteiger partial charge in [0.1, 0.15) is 11.9 Å². The first kappa shape index (κ1) is 12.7. The number of benzene rings is 2. The Morgan fingerprint density at radius 2 is 1.89 bits per heavy atom. The highest BCUT2D eigenvalue weighted by molar-refractivity contribution is 6.07. The second kappa shape index (κ2) is 5.74. The Kier molecular flexibility index (Phi) is 3.84. The smallest absolute Gasteiger partial charge is 0.185 e. The van der Waals surface area contributed by atoms with E-state index < -0.39 is 5.82 Å². The third-order valence-corrected chi connectivity index (χ3v) is 2.60. The van der Waals surface area contributed by atoms with E-state index in [1.165, 1.54) is 18.2 Å². The maximum Gasteiger partial charge on any atom is 0.185 e. The van der Waals surface area contributed by atoms with Crippen molar-refractivity contribution in [1.29, 1.82) is 5.26 Å². The van der Waals surface area contributed by atoms with E-state index in [-0.39, 0.29) is 11.3 Å². The molecule has 0 atom stereocenters. The lowest BCUT2D eigenvalue weighted by atomic mass is 10.1. The average Bonchev–Trinajstić information content (AvgIpc) is 2.46. The van der Waals surface area contributed by atoms with Gasteiger partial charge in [-0.1, -0.05) is 36.4 Å². The number of ketones is 1. The molecule has 0 aliphatic heterocycles. The molecule has 2 aromatic carbocycles. The molecule has 0 fully saturated rings. The lowest BCUT2D eigenvalue weighted by molar-refractivity contribution is 0.104. The van der Waals surface area contributed by atoms with Gasteiger partial charge < -0.3 is 0 Å². The molecule has 0 N–H and O–H groups in total. The van der Waals surface area contributed by atoms with Crippen LogP contribution in [0.4, 0.5) is 4.39 Å². The summed E-state index contributed by atoms with van der Waals surface area (Å²) in [4.78, 5) is 11.9. The summed E-state index contributed by atoms with van der Waals surface area (Å²) in [5, 5.41) is 8.71. The van der Waals surface area contributed by atoms with Crippen LogP contribution in [0.2, 0.25) is 0 Å². The van der Waals surface area contributed by atoms with E-state index in [1.54, 1.807) is 12.1 Å². The number of carbonyl (C=O) groups is 1. The van der Waals surface area contributed by atoms with Gasteiger partial charge in [0.05, 0.1) is 5.56 Å². The van der Waals surface area contributed by atoms with E-state index in [2.05, 4.69) is 0 Å². The van der Waals surface area contributed by atoms with Crippen molar-refractivity contribution >= 4 is 11.9 Å². The summed E-state index contributed by atoms with van der Waals surface area (Å²) in [7, 11) is 0. The minimum Gasteiger partial charge on any atom is -0.289 e. The molecule has 0 saturated heterocycles. The first-order chi connectivity index (χ1) is 9.20. The summed E-state index contributed by atoms with van der Waals surface area (Å²) in [5.74, 6) is -0.883. The number of carbonyl (C=O) groups excluding carboxylic acids is 1. The average molecular weight is 251 g/mol. The molecule has 0 radical (unpaired) electrons. The lowest BCUT2D eigenvalue weighted by Crippen LogP contribution is -1.96. The highest BCUT2D eigenvalue weighted by atomic mass is 19.1. The number of nitrogens with zero attached hydrogens (tertiary/aromatic N) is 1. The number of rotatable bonds is 3. The Morgan fingerprint density at radius 3 is 2.58 bits per heavy atom. The Morgan fingerprint density at radius 1 is 1.16 bits per heavy atom. The molecule has 2 aromatic rings. The second-order valence-electron chi connectivity index (χ2n) is 3.91. The van der Waals surface area contributed by atoms with Gasteiger partial charge in [-0.2, -0.15) is 5.26 Å². The molecule has 0 aliphatic rings. The van der Waals surface area contributed by atoms with Crippen LogP contribution in [0.25, 0.3) is 6.08 Å². The molecule has 2 nitrogen and oxygen atoms in total. The van der Waals surface area contributed by atoms with E-state index in [9.17, 15) is 9.18 Å². The third-order valence-electron chi connectivity index (χ3n) is 2.60. The van der Waals surface area contributed by atoms with Crippen LogP contribution in [0.15, 0.2) is 54.6 Å². The molecule has 0 bridgehead atoms. The maximum absolute atomic E-state index is 13.1. The van der Waals surface area contributed by atoms with Crippen LogP contribution < -0.4 is 0 Å². The summed E-state index contributed by atoms with van der Waals surface area (Å²) in [6, 6.07) is 14.8. The van der Waals surface area contributed by atoms with Crippen molar-refractivity contribution in [2.75, 3.05) is 0 Å². The lowest BCUT2D eigenvalue weighted by Gasteiger charge is -1.98. The molecular formula is C16H10FNO. The van der Waals surface area contributed by atoms with Gasteiger partial charge in [-0.3, -0.25) is 4.79 Å². The van der Waals surface area contributed by atoms with Crippen LogP contribution in [0, 0.1) is 17.1 Å². The van der Waals surface area contributed by atoms with Crippen molar-refractivity contribution in [3.63, 3.8) is 0 Å². The van der Waals surface area contributed by atoms with Crippen molar-refractivity contribution in [1.82, 2.24) is 0 Å². The van der Waals surface area contributed by atoms with Gasteiger partial charge in [0.2, 0.25) is 0 Å². The number of hydrogen-bond donors (Lipinski definition) is 0. The van der Waals surface area contributed by atoms with Gasteiger partial charge in [-0.05, 0) is 29.8 Å². The first-order valence-corrected chi connectivity index (χ1v) is 5.68. The van der Waals surface area contributed by atoms with Crippen LogP contribution in [0.1, 0.15) is 21.5 Å². The van der Waals surface area contributed by atoms with E-state index in [0.717, 1.165) is 11.6 Å². The largest absolute Gasteiger partial charge is 0.289 e. The molecule has 0 aliphatic carbocycles. The molecule has 0 unspecified atom stereocenters. The highest BCUT2D eigenvalue weighted by Gasteiger charge is 2.06. The molecule has 0 spiro atoms. The highest BCUT2D eigenvalue weighted by Crippen LogP contribution is 2.11. The van der Waals surface area contributed by atoms with Crippen LogP contribution in [0.3, 0.4) is 0 Å². The Bertz CT molecular complexity index is 669. The Hall–Kier alpha value is -2.73. The van der Waals surface area contributed by atoms with Crippen LogP contribution >= 0.6 is 0 Å². The van der Waals surface area contributed by atoms with Gasteiger partial charge in [0, 0.05) is 5.56 Å². The van der Waals surface area contributed by atoms with E-state index in [4.69, 9.17) is 5.26 Å². The zero-order chi connectivity index (χ0) is 13.7. The van der Waals surface area contributed by atoms with Crippen molar-refractivity contribution < 1.29 is 9.18 Å². The standard InChI is InChI=1S/C16H10FNO/c17-15-8-7-13(10-14(15)11-18)16(19)9-6-12-4-2-1-3-5-12/h1-10H. The predicted molar refractivity (Wildman–Crippen MR) is 70.9 cm³/mol. The van der Waals surface area contributed by atoms with Gasteiger partial charge in [-0.15, -0.1) is 0 Å². The zero-order valence-electron chi connectivity index (χ0n) is 10.0. The van der Waals surface area contributed by atoms with E-state index in [0.29, 0.717) is 5.56 Å². The quantitative estimate of drug-likeness (QED) is 0.617. The number of hydrogen-bond acceptors (Lipinski definition) is 2. The Balaban J connectivity index is 2.22. The zero-order valence-corrected chi connectivity index (χ0v) is 10.0. The van der Waals surface area contributed by atoms with Crippen molar-refractivity contribution in [2.24, 2.45) is 0 Å². The molecule has 92 valence electrons. The van der Waals surface area contributed by atoms with Gasteiger partial charge in [-0.25, -0.2) is 4.39 Å². The fourth-order valence-electron chi connectivity index (χ4n) is 1.60.